The molecule has 1 heterocycles. The van der Waals surface area contributed by atoms with E-state index in [9.17, 15) is 14.4 Å². The number of esters is 1. The summed E-state index contributed by atoms with van der Waals surface area (Å²) in [6, 6.07) is 0. The first-order valence-electron chi connectivity index (χ1n) is 4.02. The lowest BCUT2D eigenvalue weighted by molar-refractivity contribution is -0.142. The Morgan fingerprint density at radius 3 is 2.69 bits per heavy atom. The maximum Gasteiger partial charge on any atom is 0.302 e. The third-order valence-electron chi connectivity index (χ3n) is 1.73. The van der Waals surface area contributed by atoms with Crippen molar-refractivity contribution in [3.63, 3.8) is 0 Å². The minimum Gasteiger partial charge on any atom is -0.464 e. The van der Waals surface area contributed by atoms with Crippen LogP contribution in [0.15, 0.2) is 0 Å². The number of carbonyl (C=O) groups is 3. The number of hydrogen-bond donors (Lipinski definition) is 0. The molecule has 0 unspecified atom stereocenters. The molecule has 1 aliphatic heterocycles. The standard InChI is InChI=1S/C8H11NO4/c1-6(10)13-3-2-9-5-7(11)4-8(9)12/h2-5H2,1H3. The quantitative estimate of drug-likeness (QED) is 0.433. The highest BCUT2D eigenvalue weighted by molar-refractivity contribution is 6.05. The van der Waals surface area contributed by atoms with Gasteiger partial charge in [-0.3, -0.25) is 14.4 Å². The average Bonchev–Trinajstić information content (AvgIpc) is 2.29. The molecule has 0 aromatic carbocycles. The second kappa shape index (κ2) is 4.02. The van der Waals surface area contributed by atoms with E-state index in [1.807, 2.05) is 0 Å². The van der Waals surface area contributed by atoms with E-state index in [1.54, 1.807) is 0 Å². The summed E-state index contributed by atoms with van der Waals surface area (Å²) in [4.78, 5) is 33.6. The van der Waals surface area contributed by atoms with Crippen LogP contribution in [0.25, 0.3) is 0 Å². The Labute approximate surface area is 75.6 Å². The largest absolute Gasteiger partial charge is 0.464 e. The summed E-state index contributed by atoms with van der Waals surface area (Å²) < 4.78 is 4.64. The fourth-order valence-corrected chi connectivity index (χ4v) is 1.14. The molecule has 0 aliphatic carbocycles. The van der Waals surface area contributed by atoms with Crippen LogP contribution in [0.2, 0.25) is 0 Å². The van der Waals surface area contributed by atoms with E-state index in [1.165, 1.54) is 11.8 Å². The molecule has 0 saturated carbocycles. The van der Waals surface area contributed by atoms with Crippen molar-refractivity contribution in [1.29, 1.82) is 0 Å². The van der Waals surface area contributed by atoms with E-state index in [0.29, 0.717) is 6.54 Å². The first-order chi connectivity index (χ1) is 6.09. The molecule has 1 rings (SSSR count). The van der Waals surface area contributed by atoms with Gasteiger partial charge in [0.1, 0.15) is 6.61 Å². The Bertz CT molecular complexity index is 249. The number of nitrogens with zero attached hydrogens (tertiary/aromatic N) is 1. The first-order valence-corrected chi connectivity index (χ1v) is 4.02. The number of rotatable bonds is 3. The Balaban J connectivity index is 2.26. The zero-order valence-corrected chi connectivity index (χ0v) is 7.41. The van der Waals surface area contributed by atoms with Crippen LogP contribution in [0.4, 0.5) is 0 Å². The van der Waals surface area contributed by atoms with Crippen LogP contribution in [-0.4, -0.2) is 42.3 Å². The van der Waals surface area contributed by atoms with Gasteiger partial charge in [-0.2, -0.15) is 0 Å². The normalized spacial score (nSPS) is 16.5. The van der Waals surface area contributed by atoms with Crippen LogP contribution in [0.1, 0.15) is 13.3 Å². The number of Topliss-reactive ketones (excluding diaryl/α,β-unsaturated/α-hetero) is 1. The van der Waals surface area contributed by atoms with Crippen molar-refractivity contribution in [2.24, 2.45) is 0 Å². The second-order valence-corrected chi connectivity index (χ2v) is 2.87. The topological polar surface area (TPSA) is 63.7 Å². The molecule has 1 saturated heterocycles. The van der Waals surface area contributed by atoms with Crippen LogP contribution in [0, 0.1) is 0 Å². The minimum atomic E-state index is -0.377. The number of likely N-dealkylation sites (tertiary alicyclic amines) is 1. The van der Waals surface area contributed by atoms with Crippen molar-refractivity contribution in [3.05, 3.63) is 0 Å². The van der Waals surface area contributed by atoms with Gasteiger partial charge >= 0.3 is 5.97 Å². The summed E-state index contributed by atoms with van der Waals surface area (Å²) in [6.45, 7) is 1.93. The van der Waals surface area contributed by atoms with Crippen LogP contribution in [0.3, 0.4) is 0 Å². The molecule has 1 amide bonds. The molecule has 0 radical (unpaired) electrons. The second-order valence-electron chi connectivity index (χ2n) is 2.87. The van der Waals surface area contributed by atoms with Gasteiger partial charge in [-0.25, -0.2) is 0 Å². The summed E-state index contributed by atoms with van der Waals surface area (Å²) in [5.74, 6) is -0.636. The Hall–Kier alpha value is -1.39. The molecule has 0 spiro atoms. The minimum absolute atomic E-state index is 0.0138. The lowest BCUT2D eigenvalue weighted by Gasteiger charge is -2.13. The van der Waals surface area contributed by atoms with Crippen LogP contribution in [0.5, 0.6) is 0 Å². The van der Waals surface area contributed by atoms with Crippen molar-refractivity contribution < 1.29 is 19.1 Å². The van der Waals surface area contributed by atoms with E-state index < -0.39 is 0 Å². The van der Waals surface area contributed by atoms with Gasteiger partial charge < -0.3 is 9.64 Å². The number of ether oxygens (including phenoxy) is 1. The molecule has 0 bridgehead atoms. The van der Waals surface area contributed by atoms with E-state index in [2.05, 4.69) is 4.74 Å². The van der Waals surface area contributed by atoms with Gasteiger partial charge in [-0.1, -0.05) is 0 Å². The van der Waals surface area contributed by atoms with E-state index in [-0.39, 0.29) is 37.2 Å². The van der Waals surface area contributed by atoms with E-state index >= 15 is 0 Å². The summed E-state index contributed by atoms with van der Waals surface area (Å²) >= 11 is 0. The fraction of sp³-hybridized carbons (Fsp3) is 0.625. The predicted molar refractivity (Wildman–Crippen MR) is 42.8 cm³/mol. The monoisotopic (exact) mass is 185 g/mol. The van der Waals surface area contributed by atoms with E-state index in [4.69, 9.17) is 0 Å². The Kier molecular flexibility index (Phi) is 3.00. The lowest BCUT2D eigenvalue weighted by atomic mass is 10.3. The molecule has 0 aromatic rings. The van der Waals surface area contributed by atoms with Crippen molar-refractivity contribution in [1.82, 2.24) is 4.90 Å². The first kappa shape index (κ1) is 9.70. The Morgan fingerprint density at radius 2 is 2.23 bits per heavy atom. The lowest BCUT2D eigenvalue weighted by Crippen LogP contribution is -2.29. The molecule has 0 aromatic heterocycles. The van der Waals surface area contributed by atoms with Crippen molar-refractivity contribution >= 4 is 17.7 Å². The Morgan fingerprint density at radius 1 is 1.54 bits per heavy atom. The summed E-state index contributed by atoms with van der Waals surface area (Å²) in [5, 5.41) is 0. The van der Waals surface area contributed by atoms with Crippen molar-refractivity contribution in [2.75, 3.05) is 19.7 Å². The summed E-state index contributed by atoms with van der Waals surface area (Å²) in [5.41, 5.74) is 0. The van der Waals surface area contributed by atoms with Crippen LogP contribution in [-0.2, 0) is 19.1 Å². The molecule has 5 heteroatoms. The number of hydrogen-bond acceptors (Lipinski definition) is 4. The smallest absolute Gasteiger partial charge is 0.302 e. The highest BCUT2D eigenvalue weighted by Crippen LogP contribution is 2.05. The predicted octanol–water partition coefficient (Wildman–Crippen LogP) is -0.649. The van der Waals surface area contributed by atoms with Crippen LogP contribution < -0.4 is 0 Å². The molecule has 13 heavy (non-hydrogen) atoms. The molecule has 1 aliphatic rings. The maximum atomic E-state index is 11.0. The molecule has 72 valence electrons. The highest BCUT2D eigenvalue weighted by atomic mass is 16.5. The van der Waals surface area contributed by atoms with Crippen molar-refractivity contribution in [3.8, 4) is 0 Å². The molecule has 0 atom stereocenters. The van der Waals surface area contributed by atoms with E-state index in [0.717, 1.165) is 0 Å². The van der Waals surface area contributed by atoms with Crippen LogP contribution >= 0.6 is 0 Å². The van der Waals surface area contributed by atoms with Gasteiger partial charge in [0, 0.05) is 6.92 Å². The number of carbonyl (C=O) groups excluding carboxylic acids is 3. The maximum absolute atomic E-state index is 11.0. The molecule has 5 nitrogen and oxygen atoms in total. The van der Waals surface area contributed by atoms with Gasteiger partial charge in [0.15, 0.2) is 5.78 Å². The van der Waals surface area contributed by atoms with Gasteiger partial charge in [-0.05, 0) is 0 Å². The fourth-order valence-electron chi connectivity index (χ4n) is 1.14. The molecule has 1 fully saturated rings. The third-order valence-corrected chi connectivity index (χ3v) is 1.73. The summed E-state index contributed by atoms with van der Waals surface area (Å²) in [7, 11) is 0. The number of ketones is 1. The molecular weight excluding hydrogens is 174 g/mol. The highest BCUT2D eigenvalue weighted by Gasteiger charge is 2.26. The van der Waals surface area contributed by atoms with Gasteiger partial charge in [-0.15, -0.1) is 0 Å². The molecule has 0 N–H and O–H groups in total. The number of amides is 1. The SMILES string of the molecule is CC(=O)OCCN1CC(=O)CC1=O. The third kappa shape index (κ3) is 2.85. The average molecular weight is 185 g/mol. The summed E-state index contributed by atoms with van der Waals surface area (Å²) in [6.07, 6.45) is -0.0138. The van der Waals surface area contributed by atoms with Gasteiger partial charge in [0.25, 0.3) is 0 Å². The molecular formula is C8H11NO4. The zero-order valence-electron chi connectivity index (χ0n) is 7.41. The van der Waals surface area contributed by atoms with Gasteiger partial charge in [0.05, 0.1) is 19.5 Å². The zero-order chi connectivity index (χ0) is 9.84. The van der Waals surface area contributed by atoms with Gasteiger partial charge in [0.2, 0.25) is 5.91 Å². The van der Waals surface area contributed by atoms with Crippen molar-refractivity contribution in [2.45, 2.75) is 13.3 Å².